The summed E-state index contributed by atoms with van der Waals surface area (Å²) in [6.07, 6.45) is -0.557. The predicted molar refractivity (Wildman–Crippen MR) is 74.8 cm³/mol. The molecule has 1 atom stereocenters. The third-order valence-electron chi connectivity index (χ3n) is 2.73. The first-order valence-electron chi connectivity index (χ1n) is 6.38. The minimum absolute atomic E-state index is 0.557. The minimum atomic E-state index is -0.557. The molecule has 0 saturated carbocycles. The van der Waals surface area contributed by atoms with Gasteiger partial charge in [0, 0.05) is 5.56 Å². The molecule has 0 amide bonds. The molecule has 0 radical (unpaired) electrons. The van der Waals surface area contributed by atoms with Crippen molar-refractivity contribution in [1.82, 2.24) is 0 Å². The lowest BCUT2D eigenvalue weighted by Crippen LogP contribution is -1.96. The van der Waals surface area contributed by atoms with E-state index in [-0.39, 0.29) is 0 Å². The van der Waals surface area contributed by atoms with Gasteiger partial charge < -0.3 is 14.6 Å². The molecule has 0 aliphatic rings. The number of rotatable bonds is 5. The van der Waals surface area contributed by atoms with Gasteiger partial charge in [0.2, 0.25) is 0 Å². The van der Waals surface area contributed by atoms with Gasteiger partial charge in [0.15, 0.2) is 0 Å². The van der Waals surface area contributed by atoms with Crippen molar-refractivity contribution in [2.75, 3.05) is 6.61 Å². The molecule has 3 heteroatoms. The average molecular weight is 258 g/mol. The largest absolute Gasteiger partial charge is 0.494 e. The predicted octanol–water partition coefficient (Wildman–Crippen LogP) is 3.93. The molecule has 19 heavy (non-hydrogen) atoms. The summed E-state index contributed by atoms with van der Waals surface area (Å²) in [5.41, 5.74) is 0.774. The van der Waals surface area contributed by atoms with Crippen LogP contribution in [-0.4, -0.2) is 11.7 Å². The standard InChI is InChI=1S/C16H18O3/c1-3-18-13-8-10-14(11-9-13)19-16-7-5-4-6-15(16)12(2)17/h4-12,17H,3H2,1-2H3. The Morgan fingerprint density at radius 2 is 1.63 bits per heavy atom. The van der Waals surface area contributed by atoms with E-state index < -0.39 is 6.10 Å². The van der Waals surface area contributed by atoms with Crippen LogP contribution in [0.3, 0.4) is 0 Å². The number of hydrogen-bond acceptors (Lipinski definition) is 3. The number of aliphatic hydroxyl groups excluding tert-OH is 1. The van der Waals surface area contributed by atoms with E-state index in [1.165, 1.54) is 0 Å². The number of benzene rings is 2. The van der Waals surface area contributed by atoms with Gasteiger partial charge in [-0.15, -0.1) is 0 Å². The van der Waals surface area contributed by atoms with Gasteiger partial charge >= 0.3 is 0 Å². The van der Waals surface area contributed by atoms with Crippen LogP contribution in [0.4, 0.5) is 0 Å². The third-order valence-corrected chi connectivity index (χ3v) is 2.73. The first-order chi connectivity index (χ1) is 9.20. The van der Waals surface area contributed by atoms with Gasteiger partial charge in [-0.2, -0.15) is 0 Å². The summed E-state index contributed by atoms with van der Waals surface area (Å²) in [6, 6.07) is 14.9. The molecule has 0 bridgehead atoms. The van der Waals surface area contributed by atoms with Gasteiger partial charge in [-0.25, -0.2) is 0 Å². The molecule has 100 valence electrons. The van der Waals surface area contributed by atoms with E-state index in [1.54, 1.807) is 6.92 Å². The lowest BCUT2D eigenvalue weighted by atomic mass is 10.1. The highest BCUT2D eigenvalue weighted by molar-refractivity contribution is 5.40. The summed E-state index contributed by atoms with van der Waals surface area (Å²) >= 11 is 0. The normalized spacial score (nSPS) is 11.9. The van der Waals surface area contributed by atoms with Gasteiger partial charge in [-0.3, -0.25) is 0 Å². The summed E-state index contributed by atoms with van der Waals surface area (Å²) in [7, 11) is 0. The highest BCUT2D eigenvalue weighted by Gasteiger charge is 2.08. The van der Waals surface area contributed by atoms with Crippen LogP contribution >= 0.6 is 0 Å². The van der Waals surface area contributed by atoms with Crippen LogP contribution in [0.15, 0.2) is 48.5 Å². The maximum Gasteiger partial charge on any atom is 0.133 e. The topological polar surface area (TPSA) is 38.7 Å². The van der Waals surface area contributed by atoms with Crippen LogP contribution in [-0.2, 0) is 0 Å². The summed E-state index contributed by atoms with van der Waals surface area (Å²) in [4.78, 5) is 0. The van der Waals surface area contributed by atoms with E-state index in [0.717, 1.165) is 17.1 Å². The zero-order chi connectivity index (χ0) is 13.7. The summed E-state index contributed by atoms with van der Waals surface area (Å²) in [6.45, 7) is 4.31. The van der Waals surface area contributed by atoms with E-state index in [1.807, 2.05) is 55.5 Å². The SMILES string of the molecule is CCOc1ccc(Oc2ccccc2C(C)O)cc1. The Morgan fingerprint density at radius 1 is 1.00 bits per heavy atom. The van der Waals surface area contributed by atoms with Crippen LogP contribution in [0.5, 0.6) is 17.2 Å². The fourth-order valence-corrected chi connectivity index (χ4v) is 1.82. The molecule has 0 heterocycles. The molecule has 0 spiro atoms. The maximum absolute atomic E-state index is 9.70. The van der Waals surface area contributed by atoms with Crippen molar-refractivity contribution < 1.29 is 14.6 Å². The van der Waals surface area contributed by atoms with E-state index in [2.05, 4.69) is 0 Å². The van der Waals surface area contributed by atoms with Crippen LogP contribution < -0.4 is 9.47 Å². The van der Waals surface area contributed by atoms with Gasteiger partial charge in [0.05, 0.1) is 12.7 Å². The molecule has 2 rings (SSSR count). The first kappa shape index (κ1) is 13.4. The first-order valence-corrected chi connectivity index (χ1v) is 6.38. The summed E-state index contributed by atoms with van der Waals surface area (Å²) < 4.78 is 11.2. The van der Waals surface area contributed by atoms with E-state index in [0.29, 0.717) is 12.4 Å². The molecule has 0 aliphatic carbocycles. The molecule has 2 aromatic carbocycles. The second-order valence-corrected chi connectivity index (χ2v) is 4.22. The molecule has 0 saturated heterocycles. The zero-order valence-electron chi connectivity index (χ0n) is 11.2. The molecule has 0 aromatic heterocycles. The number of ether oxygens (including phenoxy) is 2. The van der Waals surface area contributed by atoms with Crippen molar-refractivity contribution >= 4 is 0 Å². The Morgan fingerprint density at radius 3 is 2.26 bits per heavy atom. The lowest BCUT2D eigenvalue weighted by molar-refractivity contribution is 0.195. The Balaban J connectivity index is 2.17. The van der Waals surface area contributed by atoms with Crippen LogP contribution in [0.1, 0.15) is 25.5 Å². The number of hydrogen-bond donors (Lipinski definition) is 1. The molecule has 0 aliphatic heterocycles. The number of para-hydroxylation sites is 1. The van der Waals surface area contributed by atoms with Crippen molar-refractivity contribution in [3.8, 4) is 17.2 Å². The molecule has 1 unspecified atom stereocenters. The maximum atomic E-state index is 9.70. The van der Waals surface area contributed by atoms with Crippen molar-refractivity contribution in [3.63, 3.8) is 0 Å². The van der Waals surface area contributed by atoms with Crippen molar-refractivity contribution in [2.24, 2.45) is 0 Å². The Hall–Kier alpha value is -2.00. The monoisotopic (exact) mass is 258 g/mol. The molecule has 1 N–H and O–H groups in total. The minimum Gasteiger partial charge on any atom is -0.494 e. The third kappa shape index (κ3) is 3.48. The van der Waals surface area contributed by atoms with Crippen molar-refractivity contribution in [1.29, 1.82) is 0 Å². The van der Waals surface area contributed by atoms with Crippen LogP contribution in [0.25, 0.3) is 0 Å². The zero-order valence-corrected chi connectivity index (χ0v) is 11.2. The molecule has 0 fully saturated rings. The summed E-state index contributed by atoms with van der Waals surface area (Å²) in [5.74, 6) is 2.21. The highest BCUT2D eigenvalue weighted by atomic mass is 16.5. The quantitative estimate of drug-likeness (QED) is 0.883. The second kappa shape index (κ2) is 6.25. The highest BCUT2D eigenvalue weighted by Crippen LogP contribution is 2.30. The van der Waals surface area contributed by atoms with Gasteiger partial charge in [-0.05, 0) is 44.2 Å². The van der Waals surface area contributed by atoms with Crippen LogP contribution in [0.2, 0.25) is 0 Å². The smallest absolute Gasteiger partial charge is 0.133 e. The Labute approximate surface area is 113 Å². The van der Waals surface area contributed by atoms with E-state index in [4.69, 9.17) is 9.47 Å². The molecular formula is C16H18O3. The molecular weight excluding hydrogens is 240 g/mol. The van der Waals surface area contributed by atoms with Gasteiger partial charge in [-0.1, -0.05) is 18.2 Å². The van der Waals surface area contributed by atoms with Crippen LogP contribution in [0, 0.1) is 0 Å². The summed E-state index contributed by atoms with van der Waals surface area (Å²) in [5, 5.41) is 9.70. The lowest BCUT2D eigenvalue weighted by Gasteiger charge is -2.13. The fourth-order valence-electron chi connectivity index (χ4n) is 1.82. The average Bonchev–Trinajstić information content (AvgIpc) is 2.42. The number of aliphatic hydroxyl groups is 1. The van der Waals surface area contributed by atoms with Crippen molar-refractivity contribution in [2.45, 2.75) is 20.0 Å². The van der Waals surface area contributed by atoms with Gasteiger partial charge in [0.25, 0.3) is 0 Å². The van der Waals surface area contributed by atoms with Crippen molar-refractivity contribution in [3.05, 3.63) is 54.1 Å². The van der Waals surface area contributed by atoms with Gasteiger partial charge in [0.1, 0.15) is 17.2 Å². The Bertz CT molecular complexity index is 518. The fraction of sp³-hybridized carbons (Fsp3) is 0.250. The Kier molecular flexibility index (Phi) is 4.42. The second-order valence-electron chi connectivity index (χ2n) is 4.22. The molecule has 3 nitrogen and oxygen atoms in total. The van der Waals surface area contributed by atoms with E-state index in [9.17, 15) is 5.11 Å². The molecule has 2 aromatic rings. The van der Waals surface area contributed by atoms with E-state index >= 15 is 0 Å².